The molecule has 2 aromatic rings. The van der Waals surface area contributed by atoms with Crippen molar-refractivity contribution in [3.05, 3.63) is 45.4 Å². The Balaban J connectivity index is 2.04. The van der Waals surface area contributed by atoms with Crippen molar-refractivity contribution in [1.29, 1.82) is 0 Å². The van der Waals surface area contributed by atoms with Crippen LogP contribution in [0.15, 0.2) is 30.3 Å². The number of carbonyl (C=O) groups excluding carboxylic acids is 1. The van der Waals surface area contributed by atoms with E-state index in [-0.39, 0.29) is 12.5 Å². The van der Waals surface area contributed by atoms with Crippen molar-refractivity contribution in [1.82, 2.24) is 0 Å². The Morgan fingerprint density at radius 2 is 1.67 bits per heavy atom. The van der Waals surface area contributed by atoms with Crippen LogP contribution >= 0.6 is 34.8 Å². The van der Waals surface area contributed by atoms with Crippen molar-refractivity contribution in [3.8, 4) is 17.2 Å². The zero-order valence-corrected chi connectivity index (χ0v) is 15.1. The summed E-state index contributed by atoms with van der Waals surface area (Å²) in [7, 11) is 2.97. The van der Waals surface area contributed by atoms with Gasteiger partial charge in [0.15, 0.2) is 6.61 Å². The van der Waals surface area contributed by atoms with Crippen LogP contribution in [0.25, 0.3) is 0 Å². The van der Waals surface area contributed by atoms with E-state index in [1.165, 1.54) is 26.4 Å². The van der Waals surface area contributed by atoms with Crippen LogP contribution in [0.5, 0.6) is 17.2 Å². The molecule has 0 aliphatic rings. The van der Waals surface area contributed by atoms with Gasteiger partial charge in [-0.15, -0.1) is 0 Å². The zero-order valence-electron chi connectivity index (χ0n) is 12.9. The Kier molecular flexibility index (Phi) is 6.43. The molecule has 2 aromatic carbocycles. The monoisotopic (exact) mass is 389 g/mol. The molecule has 0 bridgehead atoms. The SMILES string of the molecule is COc1cc(OC)c(NC(=O)COc2ccc(Cl)c(Cl)c2)cc1Cl. The normalized spacial score (nSPS) is 10.2. The van der Waals surface area contributed by atoms with Gasteiger partial charge in [-0.2, -0.15) is 0 Å². The van der Waals surface area contributed by atoms with E-state index in [4.69, 9.17) is 49.0 Å². The second-order valence-electron chi connectivity index (χ2n) is 4.60. The van der Waals surface area contributed by atoms with E-state index in [9.17, 15) is 4.79 Å². The van der Waals surface area contributed by atoms with Crippen LogP contribution in [-0.2, 0) is 4.79 Å². The minimum atomic E-state index is -0.388. The first kappa shape index (κ1) is 18.5. The standard InChI is InChI=1S/C16H14Cl3NO4/c1-22-14-7-15(23-2)13(6-12(14)19)20-16(21)8-24-9-3-4-10(17)11(18)5-9/h3-7H,8H2,1-2H3,(H,20,21). The molecule has 8 heteroatoms. The van der Waals surface area contributed by atoms with Gasteiger partial charge in [-0.25, -0.2) is 0 Å². The number of methoxy groups -OCH3 is 2. The molecule has 0 heterocycles. The summed E-state index contributed by atoms with van der Waals surface area (Å²) in [6.45, 7) is -0.217. The number of halogens is 3. The van der Waals surface area contributed by atoms with Crippen LogP contribution in [0, 0.1) is 0 Å². The molecule has 24 heavy (non-hydrogen) atoms. The molecule has 2 rings (SSSR count). The fourth-order valence-electron chi connectivity index (χ4n) is 1.86. The molecule has 0 radical (unpaired) electrons. The molecule has 0 aromatic heterocycles. The number of amides is 1. The van der Waals surface area contributed by atoms with Crippen molar-refractivity contribution < 1.29 is 19.0 Å². The number of anilines is 1. The molecule has 0 saturated heterocycles. The number of hydrogen-bond donors (Lipinski definition) is 1. The highest BCUT2D eigenvalue weighted by Crippen LogP contribution is 2.35. The van der Waals surface area contributed by atoms with Crippen molar-refractivity contribution in [2.45, 2.75) is 0 Å². The van der Waals surface area contributed by atoms with Crippen LogP contribution in [0.3, 0.4) is 0 Å². The van der Waals surface area contributed by atoms with Gasteiger partial charge in [0.05, 0.1) is 35.0 Å². The van der Waals surface area contributed by atoms with Crippen LogP contribution in [0.4, 0.5) is 5.69 Å². The van der Waals surface area contributed by atoms with Gasteiger partial charge in [0.2, 0.25) is 0 Å². The summed E-state index contributed by atoms with van der Waals surface area (Å²) >= 11 is 17.8. The maximum absolute atomic E-state index is 12.0. The molecule has 0 aliphatic heterocycles. The van der Waals surface area contributed by atoms with E-state index < -0.39 is 0 Å². The Labute approximate surface area is 154 Å². The zero-order chi connectivity index (χ0) is 17.7. The highest BCUT2D eigenvalue weighted by Gasteiger charge is 2.13. The second kappa shape index (κ2) is 8.33. The Morgan fingerprint density at radius 1 is 0.958 bits per heavy atom. The fraction of sp³-hybridized carbons (Fsp3) is 0.188. The van der Waals surface area contributed by atoms with E-state index in [1.807, 2.05) is 0 Å². The first-order chi connectivity index (χ1) is 11.4. The summed E-state index contributed by atoms with van der Waals surface area (Å²) in [5.74, 6) is 0.901. The Hall–Kier alpha value is -1.82. The van der Waals surface area contributed by atoms with Crippen LogP contribution in [-0.4, -0.2) is 26.7 Å². The third-order valence-corrected chi connectivity index (χ3v) is 4.04. The molecule has 0 fully saturated rings. The lowest BCUT2D eigenvalue weighted by molar-refractivity contribution is -0.118. The molecule has 0 saturated carbocycles. The molecule has 0 aliphatic carbocycles. The first-order valence-corrected chi connectivity index (χ1v) is 7.87. The molecule has 5 nitrogen and oxygen atoms in total. The summed E-state index contributed by atoms with van der Waals surface area (Å²) in [6.07, 6.45) is 0. The third kappa shape index (κ3) is 4.60. The van der Waals surface area contributed by atoms with Gasteiger partial charge in [0.25, 0.3) is 5.91 Å². The second-order valence-corrected chi connectivity index (χ2v) is 5.82. The van der Waals surface area contributed by atoms with E-state index in [2.05, 4.69) is 5.32 Å². The van der Waals surface area contributed by atoms with Gasteiger partial charge < -0.3 is 19.5 Å². The summed E-state index contributed by atoms with van der Waals surface area (Å²) in [4.78, 5) is 12.0. The lowest BCUT2D eigenvalue weighted by atomic mass is 10.2. The predicted molar refractivity (Wildman–Crippen MR) is 95.1 cm³/mol. The number of nitrogens with one attached hydrogen (secondary N) is 1. The van der Waals surface area contributed by atoms with Crippen molar-refractivity contribution in [2.75, 3.05) is 26.1 Å². The summed E-state index contributed by atoms with van der Waals surface area (Å²) in [6, 6.07) is 7.85. The number of hydrogen-bond acceptors (Lipinski definition) is 4. The average molecular weight is 391 g/mol. The van der Waals surface area contributed by atoms with Gasteiger partial charge in [-0.1, -0.05) is 34.8 Å². The lowest BCUT2D eigenvalue weighted by Crippen LogP contribution is -2.20. The highest BCUT2D eigenvalue weighted by atomic mass is 35.5. The van der Waals surface area contributed by atoms with Crippen LogP contribution in [0.2, 0.25) is 15.1 Å². The molecule has 0 atom stereocenters. The maximum Gasteiger partial charge on any atom is 0.262 e. The minimum absolute atomic E-state index is 0.217. The topological polar surface area (TPSA) is 56.8 Å². The quantitative estimate of drug-likeness (QED) is 0.778. The number of ether oxygens (including phenoxy) is 3. The van der Waals surface area contributed by atoms with Crippen molar-refractivity contribution >= 4 is 46.4 Å². The van der Waals surface area contributed by atoms with Gasteiger partial charge in [0, 0.05) is 12.1 Å². The molecule has 1 N–H and O–H groups in total. The average Bonchev–Trinajstić information content (AvgIpc) is 2.56. The van der Waals surface area contributed by atoms with Crippen molar-refractivity contribution in [2.24, 2.45) is 0 Å². The molecule has 0 spiro atoms. The Bertz CT molecular complexity index is 752. The molecule has 128 valence electrons. The van der Waals surface area contributed by atoms with Crippen LogP contribution in [0.1, 0.15) is 0 Å². The number of benzene rings is 2. The number of rotatable bonds is 6. The minimum Gasteiger partial charge on any atom is -0.495 e. The van der Waals surface area contributed by atoms with Gasteiger partial charge in [-0.05, 0) is 18.2 Å². The van der Waals surface area contributed by atoms with Crippen molar-refractivity contribution in [3.63, 3.8) is 0 Å². The van der Waals surface area contributed by atoms with E-state index in [0.29, 0.717) is 38.0 Å². The van der Waals surface area contributed by atoms with Gasteiger partial charge in [0.1, 0.15) is 17.2 Å². The number of carbonyl (C=O) groups is 1. The van der Waals surface area contributed by atoms with Crippen LogP contribution < -0.4 is 19.5 Å². The summed E-state index contributed by atoms with van der Waals surface area (Å²) < 4.78 is 15.7. The smallest absolute Gasteiger partial charge is 0.262 e. The molecular formula is C16H14Cl3NO4. The van der Waals surface area contributed by atoms with Gasteiger partial charge >= 0.3 is 0 Å². The largest absolute Gasteiger partial charge is 0.495 e. The highest BCUT2D eigenvalue weighted by molar-refractivity contribution is 6.42. The summed E-state index contributed by atoms with van der Waals surface area (Å²) in [5.41, 5.74) is 0.408. The molecular weight excluding hydrogens is 377 g/mol. The van der Waals surface area contributed by atoms with E-state index in [0.717, 1.165) is 0 Å². The first-order valence-electron chi connectivity index (χ1n) is 6.73. The van der Waals surface area contributed by atoms with E-state index in [1.54, 1.807) is 18.2 Å². The Morgan fingerprint density at radius 3 is 2.29 bits per heavy atom. The predicted octanol–water partition coefficient (Wildman–Crippen LogP) is 4.68. The fourth-order valence-corrected chi connectivity index (χ4v) is 2.39. The summed E-state index contributed by atoms with van der Waals surface area (Å²) in [5, 5.41) is 3.76. The third-order valence-electron chi connectivity index (χ3n) is 3.01. The molecule has 1 amide bonds. The maximum atomic E-state index is 12.0. The lowest BCUT2D eigenvalue weighted by Gasteiger charge is -2.13. The van der Waals surface area contributed by atoms with Gasteiger partial charge in [-0.3, -0.25) is 4.79 Å². The molecule has 0 unspecified atom stereocenters. The van der Waals surface area contributed by atoms with E-state index >= 15 is 0 Å².